The molecule has 0 fully saturated rings. The third kappa shape index (κ3) is 8.09. The van der Waals surface area contributed by atoms with Crippen LogP contribution in [0.3, 0.4) is 0 Å². The zero-order chi connectivity index (χ0) is 23.0. The first-order valence-electron chi connectivity index (χ1n) is 10.6. The molecule has 0 aliphatic heterocycles. The van der Waals surface area contributed by atoms with E-state index in [1.165, 1.54) is 12.3 Å². The first-order chi connectivity index (χ1) is 14.6. The van der Waals surface area contributed by atoms with Gasteiger partial charge in [0, 0.05) is 6.54 Å². The zero-order valence-corrected chi connectivity index (χ0v) is 19.0. The molecule has 2 aromatic rings. The van der Waals surface area contributed by atoms with Crippen molar-refractivity contribution >= 4 is 12.0 Å². The summed E-state index contributed by atoms with van der Waals surface area (Å²) < 4.78 is 10.8. The standard InChI is InChI=1S/C24H34N2O5/c1-16(2)11-13-25-22(28)18-12-14-30-21(18)20(27)19(15-17-9-7-6-8-10-17)26-23(29)31-24(3,4)5/h6-10,12,14,16,19-20,27H,11,13,15H2,1-5H3,(H,25,28)(H,26,29). The second-order valence-corrected chi connectivity index (χ2v) is 9.02. The molecule has 7 heteroatoms. The van der Waals surface area contributed by atoms with Gasteiger partial charge in [0.15, 0.2) is 0 Å². The molecule has 2 rings (SSSR count). The van der Waals surface area contributed by atoms with Crippen LogP contribution >= 0.6 is 0 Å². The van der Waals surface area contributed by atoms with Crippen molar-refractivity contribution in [3.05, 3.63) is 59.5 Å². The van der Waals surface area contributed by atoms with Gasteiger partial charge < -0.3 is 24.9 Å². The summed E-state index contributed by atoms with van der Waals surface area (Å²) in [4.78, 5) is 25.0. The van der Waals surface area contributed by atoms with Crippen molar-refractivity contribution in [2.24, 2.45) is 5.92 Å². The molecule has 170 valence electrons. The van der Waals surface area contributed by atoms with E-state index in [0.717, 1.165) is 12.0 Å². The number of benzene rings is 1. The molecule has 1 aromatic heterocycles. The van der Waals surface area contributed by atoms with Gasteiger partial charge in [-0.1, -0.05) is 44.2 Å². The molecule has 3 N–H and O–H groups in total. The van der Waals surface area contributed by atoms with Crippen LogP contribution in [0.2, 0.25) is 0 Å². The lowest BCUT2D eigenvalue weighted by molar-refractivity contribution is 0.0396. The molecule has 0 aliphatic rings. The average molecular weight is 431 g/mol. The number of aliphatic hydroxyl groups is 1. The summed E-state index contributed by atoms with van der Waals surface area (Å²) in [6.45, 7) is 9.98. The molecule has 0 aliphatic carbocycles. The van der Waals surface area contributed by atoms with Crippen molar-refractivity contribution in [2.75, 3.05) is 6.54 Å². The van der Waals surface area contributed by atoms with E-state index in [-0.39, 0.29) is 17.2 Å². The van der Waals surface area contributed by atoms with Gasteiger partial charge in [-0.3, -0.25) is 4.79 Å². The van der Waals surface area contributed by atoms with Crippen molar-refractivity contribution in [1.29, 1.82) is 0 Å². The van der Waals surface area contributed by atoms with E-state index < -0.39 is 23.8 Å². The fourth-order valence-electron chi connectivity index (χ4n) is 3.06. The summed E-state index contributed by atoms with van der Waals surface area (Å²) in [6, 6.07) is 10.2. The Morgan fingerprint density at radius 2 is 1.81 bits per heavy atom. The van der Waals surface area contributed by atoms with Crippen LogP contribution in [-0.4, -0.2) is 35.3 Å². The number of rotatable bonds is 9. The summed E-state index contributed by atoms with van der Waals surface area (Å²) in [7, 11) is 0. The lowest BCUT2D eigenvalue weighted by atomic mass is 9.98. The van der Waals surface area contributed by atoms with Gasteiger partial charge in [-0.05, 0) is 51.2 Å². The molecule has 7 nitrogen and oxygen atoms in total. The van der Waals surface area contributed by atoms with Crippen molar-refractivity contribution < 1.29 is 23.8 Å². The summed E-state index contributed by atoms with van der Waals surface area (Å²) in [6.07, 6.45) is 0.646. The van der Waals surface area contributed by atoms with Crippen molar-refractivity contribution in [3.8, 4) is 0 Å². The molecule has 2 atom stereocenters. The van der Waals surface area contributed by atoms with Gasteiger partial charge in [-0.25, -0.2) is 4.79 Å². The maximum atomic E-state index is 12.6. The minimum Gasteiger partial charge on any atom is -0.466 e. The monoisotopic (exact) mass is 430 g/mol. The molecule has 0 saturated carbocycles. The normalized spacial score (nSPS) is 13.5. The Morgan fingerprint density at radius 3 is 2.42 bits per heavy atom. The number of carbonyl (C=O) groups is 2. The van der Waals surface area contributed by atoms with Crippen LogP contribution in [0, 0.1) is 5.92 Å². The Balaban J connectivity index is 2.20. The summed E-state index contributed by atoms with van der Waals surface area (Å²) in [5.74, 6) is 0.251. The quantitative estimate of drug-likeness (QED) is 0.553. The van der Waals surface area contributed by atoms with E-state index in [9.17, 15) is 14.7 Å². The predicted molar refractivity (Wildman–Crippen MR) is 119 cm³/mol. The number of carbonyl (C=O) groups excluding carboxylic acids is 2. The van der Waals surface area contributed by atoms with Gasteiger partial charge >= 0.3 is 6.09 Å². The van der Waals surface area contributed by atoms with Crippen LogP contribution in [0.1, 0.15) is 68.8 Å². The molecule has 0 radical (unpaired) electrons. The van der Waals surface area contributed by atoms with E-state index in [1.807, 2.05) is 30.3 Å². The fourth-order valence-corrected chi connectivity index (χ4v) is 3.06. The highest BCUT2D eigenvalue weighted by molar-refractivity contribution is 5.95. The van der Waals surface area contributed by atoms with Crippen LogP contribution < -0.4 is 10.6 Å². The molecule has 2 unspecified atom stereocenters. The molecule has 0 saturated heterocycles. The molecule has 0 spiro atoms. The van der Waals surface area contributed by atoms with Crippen LogP contribution in [-0.2, 0) is 11.2 Å². The number of amides is 2. The number of hydrogen-bond donors (Lipinski definition) is 3. The van der Waals surface area contributed by atoms with Gasteiger partial charge in [-0.2, -0.15) is 0 Å². The molecule has 31 heavy (non-hydrogen) atoms. The molecule has 2 amide bonds. The number of alkyl carbamates (subject to hydrolysis) is 1. The summed E-state index contributed by atoms with van der Waals surface area (Å²) in [5, 5.41) is 16.7. The predicted octanol–water partition coefficient (Wildman–Crippen LogP) is 4.22. The molecular weight excluding hydrogens is 396 g/mol. The minimum absolute atomic E-state index is 0.110. The van der Waals surface area contributed by atoms with E-state index in [2.05, 4.69) is 24.5 Å². The highest BCUT2D eigenvalue weighted by atomic mass is 16.6. The number of hydrogen-bond acceptors (Lipinski definition) is 5. The van der Waals surface area contributed by atoms with Crippen LogP contribution in [0.5, 0.6) is 0 Å². The number of nitrogens with one attached hydrogen (secondary N) is 2. The van der Waals surface area contributed by atoms with Crippen LogP contribution in [0.25, 0.3) is 0 Å². The fraction of sp³-hybridized carbons (Fsp3) is 0.500. The van der Waals surface area contributed by atoms with Gasteiger partial charge in [0.05, 0.1) is 17.9 Å². The van der Waals surface area contributed by atoms with Crippen molar-refractivity contribution in [2.45, 2.75) is 65.2 Å². The number of ether oxygens (including phenoxy) is 1. The largest absolute Gasteiger partial charge is 0.466 e. The molecule has 1 aromatic carbocycles. The van der Waals surface area contributed by atoms with Crippen molar-refractivity contribution in [1.82, 2.24) is 10.6 Å². The lowest BCUT2D eigenvalue weighted by Gasteiger charge is -2.26. The lowest BCUT2D eigenvalue weighted by Crippen LogP contribution is -2.43. The van der Waals surface area contributed by atoms with Crippen LogP contribution in [0.15, 0.2) is 47.1 Å². The second-order valence-electron chi connectivity index (χ2n) is 9.02. The van der Waals surface area contributed by atoms with Gasteiger partial charge in [0.2, 0.25) is 0 Å². The number of furan rings is 1. The van der Waals surface area contributed by atoms with Gasteiger partial charge in [0.1, 0.15) is 17.5 Å². The molecule has 1 heterocycles. The first-order valence-corrected chi connectivity index (χ1v) is 10.6. The average Bonchev–Trinajstić information content (AvgIpc) is 3.15. The third-order valence-electron chi connectivity index (χ3n) is 4.60. The highest BCUT2D eigenvalue weighted by Gasteiger charge is 2.31. The Bertz CT molecular complexity index is 839. The van der Waals surface area contributed by atoms with E-state index in [4.69, 9.17) is 9.15 Å². The van der Waals surface area contributed by atoms with Gasteiger partial charge in [-0.15, -0.1) is 0 Å². The molecule has 0 bridgehead atoms. The minimum atomic E-state index is -1.24. The third-order valence-corrected chi connectivity index (χ3v) is 4.60. The van der Waals surface area contributed by atoms with E-state index >= 15 is 0 Å². The Kier molecular flexibility index (Phi) is 8.68. The summed E-state index contributed by atoms with van der Waals surface area (Å²) in [5.41, 5.74) is 0.482. The maximum Gasteiger partial charge on any atom is 0.407 e. The smallest absolute Gasteiger partial charge is 0.407 e. The first kappa shape index (κ1) is 24.5. The SMILES string of the molecule is CC(C)CCNC(=O)c1ccoc1C(O)C(Cc1ccccc1)NC(=O)OC(C)(C)C. The van der Waals surface area contributed by atoms with Crippen molar-refractivity contribution in [3.63, 3.8) is 0 Å². The van der Waals surface area contributed by atoms with Gasteiger partial charge in [0.25, 0.3) is 5.91 Å². The summed E-state index contributed by atoms with van der Waals surface area (Å²) >= 11 is 0. The Hall–Kier alpha value is -2.80. The Labute approximate surface area is 184 Å². The zero-order valence-electron chi connectivity index (χ0n) is 19.0. The highest BCUT2D eigenvalue weighted by Crippen LogP contribution is 2.25. The Morgan fingerprint density at radius 1 is 1.13 bits per heavy atom. The van der Waals surface area contributed by atoms with Crippen LogP contribution in [0.4, 0.5) is 4.79 Å². The van der Waals surface area contributed by atoms with E-state index in [1.54, 1.807) is 20.8 Å². The van der Waals surface area contributed by atoms with E-state index in [0.29, 0.717) is 18.9 Å². The maximum absolute atomic E-state index is 12.6. The number of aliphatic hydroxyl groups excluding tert-OH is 1. The topological polar surface area (TPSA) is 101 Å². The molecular formula is C24H34N2O5. The second kappa shape index (κ2) is 11.0.